The minimum absolute atomic E-state index is 0.0394. The van der Waals surface area contributed by atoms with Crippen LogP contribution in [-0.4, -0.2) is 97.1 Å². The van der Waals surface area contributed by atoms with Crippen molar-refractivity contribution in [2.24, 2.45) is 10.8 Å². The van der Waals surface area contributed by atoms with E-state index >= 15 is 0 Å². The standard InChI is InChI=1S/C48H63N7O8/c1-47(2,3)39(51-45(60)62-7)43(58)53-28-12-16-37(53)41(56)49-32-22-18-30(19-23-32)35-26-27-36(55(35)34-14-10-9-11-15-34)31-20-24-33(25-21-31)50-42(57)38-17-13-29-54(38)44(59)40(48(4,5)6)52-46(61)63-8/h9-11,14-15,18-25,35-40H,12-13,16-17,26-29H2,1-8H3,(H,49,56)(H,50,57)(H,51,60)(H,52,61). The largest absolute Gasteiger partial charge is 0.453 e. The second kappa shape index (κ2) is 19.5. The van der Waals surface area contributed by atoms with E-state index in [0.29, 0.717) is 50.1 Å². The Balaban J connectivity index is 1.13. The molecule has 3 aromatic carbocycles. The molecule has 6 amide bonds. The van der Waals surface area contributed by atoms with Crippen LogP contribution < -0.4 is 26.2 Å². The third-order valence-corrected chi connectivity index (χ3v) is 12.4. The fourth-order valence-corrected chi connectivity index (χ4v) is 9.04. The summed E-state index contributed by atoms with van der Waals surface area (Å²) >= 11 is 0. The van der Waals surface area contributed by atoms with Crippen molar-refractivity contribution < 1.29 is 38.2 Å². The van der Waals surface area contributed by atoms with Crippen molar-refractivity contribution in [3.8, 4) is 0 Å². The maximum Gasteiger partial charge on any atom is 0.407 e. The number of para-hydroxylation sites is 1. The number of carbonyl (C=O) groups is 6. The Hall–Kier alpha value is -6.12. The number of carbonyl (C=O) groups excluding carboxylic acids is 6. The van der Waals surface area contributed by atoms with Crippen LogP contribution in [0.25, 0.3) is 0 Å². The third kappa shape index (κ3) is 10.7. The van der Waals surface area contributed by atoms with Crippen LogP contribution in [0.2, 0.25) is 0 Å². The molecule has 6 rings (SSSR count). The van der Waals surface area contributed by atoms with Crippen LogP contribution in [0.1, 0.15) is 103 Å². The van der Waals surface area contributed by atoms with Crippen LogP contribution in [0.3, 0.4) is 0 Å². The minimum atomic E-state index is -0.863. The van der Waals surface area contributed by atoms with E-state index in [-0.39, 0.29) is 35.7 Å². The summed E-state index contributed by atoms with van der Waals surface area (Å²) in [4.78, 5) is 84.6. The Kier molecular flexibility index (Phi) is 14.4. The highest BCUT2D eigenvalue weighted by molar-refractivity contribution is 6.00. The number of ether oxygens (including phenoxy) is 2. The monoisotopic (exact) mass is 865 g/mol. The highest BCUT2D eigenvalue weighted by Gasteiger charge is 2.44. The Morgan fingerprint density at radius 2 is 0.937 bits per heavy atom. The van der Waals surface area contributed by atoms with Crippen LogP contribution in [-0.2, 0) is 28.7 Å². The smallest absolute Gasteiger partial charge is 0.407 e. The van der Waals surface area contributed by atoms with Crippen molar-refractivity contribution in [1.82, 2.24) is 20.4 Å². The van der Waals surface area contributed by atoms with E-state index in [1.807, 2.05) is 108 Å². The summed E-state index contributed by atoms with van der Waals surface area (Å²) in [5.41, 5.74) is 3.29. The van der Waals surface area contributed by atoms with Crippen molar-refractivity contribution in [2.45, 2.75) is 116 Å². The van der Waals surface area contributed by atoms with Gasteiger partial charge in [-0.05, 0) is 96.9 Å². The molecule has 338 valence electrons. The quantitative estimate of drug-likeness (QED) is 0.156. The van der Waals surface area contributed by atoms with Gasteiger partial charge in [0.05, 0.1) is 26.3 Å². The molecule has 4 N–H and O–H groups in total. The predicted molar refractivity (Wildman–Crippen MR) is 241 cm³/mol. The molecular formula is C48H63N7O8. The maximum atomic E-state index is 13.7. The number of nitrogens with zero attached hydrogens (tertiary/aromatic N) is 3. The average Bonchev–Trinajstić information content (AvgIpc) is 4.05. The van der Waals surface area contributed by atoms with Crippen LogP contribution in [0.15, 0.2) is 78.9 Å². The summed E-state index contributed by atoms with van der Waals surface area (Å²) in [5, 5.41) is 11.4. The predicted octanol–water partition coefficient (Wildman–Crippen LogP) is 7.17. The first-order valence-electron chi connectivity index (χ1n) is 21.9. The molecule has 0 radical (unpaired) electrons. The zero-order valence-electron chi connectivity index (χ0n) is 37.7. The van der Waals surface area contributed by atoms with E-state index < -0.39 is 47.2 Å². The van der Waals surface area contributed by atoms with Gasteiger partial charge in [0.25, 0.3) is 0 Å². The zero-order chi connectivity index (χ0) is 45.6. The van der Waals surface area contributed by atoms with Crippen LogP contribution in [0.4, 0.5) is 26.7 Å². The highest BCUT2D eigenvalue weighted by atomic mass is 16.5. The summed E-state index contributed by atoms with van der Waals surface area (Å²) in [5.74, 6) is -1.19. The molecule has 6 atom stereocenters. The lowest BCUT2D eigenvalue weighted by Gasteiger charge is -2.35. The first-order valence-corrected chi connectivity index (χ1v) is 21.9. The molecule has 3 fully saturated rings. The SMILES string of the molecule is COC(=O)NC(C(=O)N1CCCC1C(=O)Nc1ccc(C2CCC(c3ccc(NC(=O)C4CCCN4C(=O)C(NC(=O)OC)C(C)(C)C)cc3)N2c2ccccc2)cc1)C(C)(C)C. The van der Waals surface area contributed by atoms with Gasteiger partial charge >= 0.3 is 12.2 Å². The molecule has 3 heterocycles. The summed E-state index contributed by atoms with van der Waals surface area (Å²) < 4.78 is 9.55. The molecule has 0 aliphatic carbocycles. The Labute approximate surface area is 370 Å². The normalized spacial score (nSPS) is 21.0. The first kappa shape index (κ1) is 46.4. The molecule has 3 aliphatic heterocycles. The lowest BCUT2D eigenvalue weighted by Crippen LogP contribution is -2.57. The van der Waals surface area contributed by atoms with Gasteiger partial charge in [-0.15, -0.1) is 0 Å². The molecule has 0 saturated carbocycles. The van der Waals surface area contributed by atoms with E-state index in [4.69, 9.17) is 9.47 Å². The molecule has 0 aromatic heterocycles. The summed E-state index contributed by atoms with van der Waals surface area (Å²) in [7, 11) is 2.50. The number of anilines is 3. The van der Waals surface area contributed by atoms with Crippen molar-refractivity contribution in [3.05, 3.63) is 90.0 Å². The number of alkyl carbamates (subject to hydrolysis) is 2. The number of likely N-dealkylation sites (tertiary alicyclic amines) is 2. The van der Waals surface area contributed by atoms with Crippen LogP contribution >= 0.6 is 0 Å². The van der Waals surface area contributed by atoms with Crippen molar-refractivity contribution >= 4 is 52.9 Å². The van der Waals surface area contributed by atoms with Gasteiger partial charge < -0.3 is 45.4 Å². The molecule has 0 spiro atoms. The number of rotatable bonds is 11. The van der Waals surface area contributed by atoms with E-state index in [1.165, 1.54) is 14.2 Å². The lowest BCUT2D eigenvalue weighted by molar-refractivity contribution is -0.140. The molecule has 15 heteroatoms. The number of nitrogens with one attached hydrogen (secondary N) is 4. The summed E-state index contributed by atoms with van der Waals surface area (Å²) in [6.07, 6.45) is 2.74. The molecule has 3 aromatic rings. The van der Waals surface area contributed by atoms with Gasteiger partial charge in [-0.25, -0.2) is 9.59 Å². The van der Waals surface area contributed by atoms with Crippen molar-refractivity contribution in [2.75, 3.05) is 42.8 Å². The lowest BCUT2D eigenvalue weighted by atomic mass is 9.85. The number of hydrogen-bond acceptors (Lipinski definition) is 9. The first-order chi connectivity index (χ1) is 29.9. The number of methoxy groups -OCH3 is 2. The summed E-state index contributed by atoms with van der Waals surface area (Å²) in [6, 6.07) is 23.0. The van der Waals surface area contributed by atoms with E-state index in [1.54, 1.807) is 9.80 Å². The fourth-order valence-electron chi connectivity index (χ4n) is 9.04. The van der Waals surface area contributed by atoms with Gasteiger partial charge in [0, 0.05) is 30.2 Å². The van der Waals surface area contributed by atoms with Crippen molar-refractivity contribution in [3.63, 3.8) is 0 Å². The fraction of sp³-hybridized carbons (Fsp3) is 0.500. The topological polar surface area (TPSA) is 179 Å². The van der Waals surface area contributed by atoms with Gasteiger partial charge in [-0.3, -0.25) is 19.2 Å². The van der Waals surface area contributed by atoms with Crippen molar-refractivity contribution in [1.29, 1.82) is 0 Å². The van der Waals surface area contributed by atoms with E-state index in [9.17, 15) is 28.8 Å². The molecule has 0 bridgehead atoms. The second-order valence-corrected chi connectivity index (χ2v) is 18.8. The number of hydrogen-bond donors (Lipinski definition) is 4. The number of benzene rings is 3. The van der Waals surface area contributed by atoms with Gasteiger partial charge in [-0.1, -0.05) is 84.0 Å². The Morgan fingerprint density at radius 3 is 1.29 bits per heavy atom. The molecule has 63 heavy (non-hydrogen) atoms. The molecule has 3 saturated heterocycles. The van der Waals surface area contributed by atoms with E-state index in [0.717, 1.165) is 29.7 Å². The number of amides is 6. The Morgan fingerprint density at radius 1 is 0.556 bits per heavy atom. The maximum absolute atomic E-state index is 13.7. The van der Waals surface area contributed by atoms with Gasteiger partial charge in [0.2, 0.25) is 23.6 Å². The second-order valence-electron chi connectivity index (χ2n) is 18.8. The van der Waals surface area contributed by atoms with E-state index in [2.05, 4.69) is 38.3 Å². The van der Waals surface area contributed by atoms with Crippen LogP contribution in [0.5, 0.6) is 0 Å². The highest BCUT2D eigenvalue weighted by Crippen LogP contribution is 2.47. The average molecular weight is 866 g/mol. The molecule has 3 aliphatic rings. The molecule has 6 unspecified atom stereocenters. The molecule has 15 nitrogen and oxygen atoms in total. The van der Waals surface area contributed by atoms with Gasteiger partial charge in [0.15, 0.2) is 0 Å². The van der Waals surface area contributed by atoms with Gasteiger partial charge in [0.1, 0.15) is 24.2 Å². The third-order valence-electron chi connectivity index (χ3n) is 12.4. The zero-order valence-corrected chi connectivity index (χ0v) is 37.7. The summed E-state index contributed by atoms with van der Waals surface area (Å²) in [6.45, 7) is 12.0. The Bertz CT molecular complexity index is 1990. The minimum Gasteiger partial charge on any atom is -0.453 e. The van der Waals surface area contributed by atoms with Gasteiger partial charge in [-0.2, -0.15) is 0 Å². The van der Waals surface area contributed by atoms with Crippen LogP contribution in [0, 0.1) is 10.8 Å². The molecular weight excluding hydrogens is 803 g/mol.